The smallest absolute Gasteiger partial charge is 0.251 e. The molecule has 9 heteroatoms. The van der Waals surface area contributed by atoms with E-state index in [1.165, 1.54) is 0 Å². The molecular formula is C22H21ClN4O4. The molecule has 31 heavy (non-hydrogen) atoms. The lowest BCUT2D eigenvalue weighted by Gasteiger charge is -2.11. The van der Waals surface area contributed by atoms with E-state index >= 15 is 0 Å². The van der Waals surface area contributed by atoms with E-state index in [4.69, 9.17) is 21.1 Å². The third-order valence-electron chi connectivity index (χ3n) is 5.12. The van der Waals surface area contributed by atoms with Crippen molar-refractivity contribution in [3.05, 3.63) is 53.2 Å². The van der Waals surface area contributed by atoms with Crippen LogP contribution in [-0.2, 0) is 9.59 Å². The van der Waals surface area contributed by atoms with Crippen molar-refractivity contribution in [2.24, 2.45) is 0 Å². The van der Waals surface area contributed by atoms with Gasteiger partial charge in [-0.25, -0.2) is 4.68 Å². The van der Waals surface area contributed by atoms with E-state index in [0.29, 0.717) is 28.0 Å². The highest BCUT2D eigenvalue weighted by Gasteiger charge is 2.36. The average Bonchev–Trinajstić information content (AvgIpc) is 3.22. The minimum Gasteiger partial charge on any atom is -0.493 e. The molecule has 1 unspecified atom stereocenters. The predicted octanol–water partition coefficient (Wildman–Crippen LogP) is 4.05. The Labute approximate surface area is 184 Å². The van der Waals surface area contributed by atoms with Crippen molar-refractivity contribution in [1.29, 1.82) is 0 Å². The van der Waals surface area contributed by atoms with Crippen LogP contribution >= 0.6 is 11.6 Å². The summed E-state index contributed by atoms with van der Waals surface area (Å²) in [4.78, 5) is 25.2. The van der Waals surface area contributed by atoms with Gasteiger partial charge in [0.05, 0.1) is 37.0 Å². The fourth-order valence-corrected chi connectivity index (χ4v) is 3.84. The lowest BCUT2D eigenvalue weighted by molar-refractivity contribution is -0.123. The van der Waals surface area contributed by atoms with Crippen LogP contribution in [0.1, 0.15) is 18.2 Å². The van der Waals surface area contributed by atoms with Crippen molar-refractivity contribution >= 4 is 34.9 Å². The van der Waals surface area contributed by atoms with E-state index in [2.05, 4.69) is 15.7 Å². The number of ether oxygens (including phenoxy) is 2. The van der Waals surface area contributed by atoms with E-state index in [1.54, 1.807) is 49.2 Å². The van der Waals surface area contributed by atoms with Crippen LogP contribution in [-0.4, -0.2) is 35.8 Å². The largest absolute Gasteiger partial charge is 0.493 e. The maximum absolute atomic E-state index is 12.6. The summed E-state index contributed by atoms with van der Waals surface area (Å²) in [6.07, 6.45) is -0.0729. The highest BCUT2D eigenvalue weighted by molar-refractivity contribution is 6.33. The molecular weight excluding hydrogens is 420 g/mol. The molecule has 1 aliphatic heterocycles. The molecule has 2 heterocycles. The van der Waals surface area contributed by atoms with E-state index < -0.39 is 6.04 Å². The molecule has 2 N–H and O–H groups in total. The zero-order chi connectivity index (χ0) is 22.1. The number of anilines is 2. The first-order chi connectivity index (χ1) is 14.9. The molecule has 3 aromatic rings. The van der Waals surface area contributed by atoms with Gasteiger partial charge in [0.25, 0.3) is 5.91 Å². The second-order valence-corrected chi connectivity index (χ2v) is 7.47. The fraction of sp³-hybridized carbons (Fsp3) is 0.227. The zero-order valence-electron chi connectivity index (χ0n) is 17.2. The van der Waals surface area contributed by atoms with E-state index in [-0.39, 0.29) is 18.2 Å². The number of benzene rings is 2. The Bertz CT molecular complexity index is 1170. The van der Waals surface area contributed by atoms with Gasteiger partial charge in [-0.1, -0.05) is 29.8 Å². The molecule has 160 valence electrons. The molecule has 1 aromatic heterocycles. The van der Waals surface area contributed by atoms with Crippen LogP contribution in [0.5, 0.6) is 11.5 Å². The molecule has 2 aromatic carbocycles. The normalized spacial score (nSPS) is 14.7. The van der Waals surface area contributed by atoms with Crippen LogP contribution in [0.4, 0.5) is 11.5 Å². The number of aryl methyl sites for hydroxylation is 1. The van der Waals surface area contributed by atoms with Crippen molar-refractivity contribution in [1.82, 2.24) is 9.78 Å². The number of amides is 2. The van der Waals surface area contributed by atoms with E-state index in [1.807, 2.05) is 19.1 Å². The van der Waals surface area contributed by atoms with Crippen molar-refractivity contribution in [2.45, 2.75) is 19.4 Å². The van der Waals surface area contributed by atoms with Crippen molar-refractivity contribution < 1.29 is 19.1 Å². The van der Waals surface area contributed by atoms with Gasteiger partial charge in [0, 0.05) is 5.56 Å². The molecule has 4 rings (SSSR count). The summed E-state index contributed by atoms with van der Waals surface area (Å²) < 4.78 is 12.3. The van der Waals surface area contributed by atoms with Crippen LogP contribution in [0, 0.1) is 6.92 Å². The summed E-state index contributed by atoms with van der Waals surface area (Å²) in [6, 6.07) is 11.7. The Hall–Kier alpha value is -3.52. The van der Waals surface area contributed by atoms with E-state index in [0.717, 1.165) is 16.8 Å². The summed E-state index contributed by atoms with van der Waals surface area (Å²) in [6.45, 7) is 1.85. The predicted molar refractivity (Wildman–Crippen MR) is 118 cm³/mol. The highest BCUT2D eigenvalue weighted by Crippen LogP contribution is 2.41. The Kier molecular flexibility index (Phi) is 5.56. The summed E-state index contributed by atoms with van der Waals surface area (Å²) in [7, 11) is 3.13. The number of hydrogen-bond donors (Lipinski definition) is 2. The number of halogens is 1. The Morgan fingerprint density at radius 2 is 1.94 bits per heavy atom. The summed E-state index contributed by atoms with van der Waals surface area (Å²) in [5, 5.41) is 10.6. The number of rotatable bonds is 6. The molecule has 2 amide bonds. The molecule has 1 aliphatic rings. The van der Waals surface area contributed by atoms with Gasteiger partial charge >= 0.3 is 0 Å². The second kappa shape index (κ2) is 8.31. The summed E-state index contributed by atoms with van der Waals surface area (Å²) in [5.74, 6) is 1.09. The van der Waals surface area contributed by atoms with Gasteiger partial charge in [-0.2, -0.15) is 5.10 Å². The molecule has 8 nitrogen and oxygen atoms in total. The van der Waals surface area contributed by atoms with Crippen LogP contribution in [0.15, 0.2) is 42.5 Å². The monoisotopic (exact) mass is 440 g/mol. The third kappa shape index (κ3) is 3.82. The highest BCUT2D eigenvalue weighted by atomic mass is 35.5. The third-order valence-corrected chi connectivity index (χ3v) is 5.45. The number of carbonyl (C=O) groups is 2. The average molecular weight is 441 g/mol. The molecule has 0 saturated carbocycles. The van der Waals surface area contributed by atoms with Crippen molar-refractivity contribution in [3.63, 3.8) is 0 Å². The van der Waals surface area contributed by atoms with Gasteiger partial charge < -0.3 is 20.1 Å². The first-order valence-corrected chi connectivity index (χ1v) is 9.97. The maximum atomic E-state index is 12.6. The van der Waals surface area contributed by atoms with Crippen LogP contribution in [0.3, 0.4) is 0 Å². The Morgan fingerprint density at radius 1 is 1.19 bits per heavy atom. The first kappa shape index (κ1) is 20.7. The van der Waals surface area contributed by atoms with Gasteiger partial charge in [-0.15, -0.1) is 0 Å². The molecule has 0 aliphatic carbocycles. The number of aromatic nitrogens is 2. The van der Waals surface area contributed by atoms with Gasteiger partial charge in [0.15, 0.2) is 11.5 Å². The molecule has 1 atom stereocenters. The van der Waals surface area contributed by atoms with Gasteiger partial charge in [0.1, 0.15) is 11.9 Å². The lowest BCUT2D eigenvalue weighted by atomic mass is 10.1. The lowest BCUT2D eigenvalue weighted by Crippen LogP contribution is -2.23. The zero-order valence-corrected chi connectivity index (χ0v) is 18.0. The standard InChI is InChI=1S/C22H21ClN4O4/c1-12-20(13-8-9-17(30-2)18(10-13)31-3)21-25-22(29)16(27(21)26-12)11-19(28)24-15-7-5-4-6-14(15)23/h4-10,16H,11H2,1-3H3,(H,24,28)(H,25,29). The van der Waals surface area contributed by atoms with Crippen LogP contribution in [0.2, 0.25) is 5.02 Å². The second-order valence-electron chi connectivity index (χ2n) is 7.06. The molecule has 0 fully saturated rings. The van der Waals surface area contributed by atoms with Crippen molar-refractivity contribution in [2.75, 3.05) is 24.9 Å². The minimum atomic E-state index is -0.759. The number of nitrogens with zero attached hydrogens (tertiary/aromatic N) is 2. The number of nitrogens with one attached hydrogen (secondary N) is 2. The number of para-hydroxylation sites is 1. The number of fused-ring (bicyclic) bond motifs is 1. The summed E-state index contributed by atoms with van der Waals surface area (Å²) >= 11 is 6.10. The topological polar surface area (TPSA) is 94.5 Å². The van der Waals surface area contributed by atoms with Crippen LogP contribution in [0.25, 0.3) is 11.1 Å². The van der Waals surface area contributed by atoms with Gasteiger partial charge in [-0.3, -0.25) is 9.59 Å². The number of carbonyl (C=O) groups excluding carboxylic acids is 2. The Balaban J connectivity index is 1.62. The molecule has 0 radical (unpaired) electrons. The number of methoxy groups -OCH3 is 2. The van der Waals surface area contributed by atoms with Gasteiger partial charge in [0.2, 0.25) is 5.91 Å². The molecule has 0 bridgehead atoms. The Morgan fingerprint density at radius 3 is 2.65 bits per heavy atom. The maximum Gasteiger partial charge on any atom is 0.251 e. The number of hydrogen-bond acceptors (Lipinski definition) is 5. The molecule has 0 spiro atoms. The van der Waals surface area contributed by atoms with Crippen LogP contribution < -0.4 is 20.1 Å². The van der Waals surface area contributed by atoms with Gasteiger partial charge in [-0.05, 0) is 36.8 Å². The SMILES string of the molecule is COc1ccc(-c2c(C)nn3c2NC(=O)C3CC(=O)Nc2ccccc2Cl)cc1OC. The first-order valence-electron chi connectivity index (χ1n) is 9.59. The summed E-state index contributed by atoms with van der Waals surface area (Å²) in [5.41, 5.74) is 2.80. The fourth-order valence-electron chi connectivity index (χ4n) is 3.66. The minimum absolute atomic E-state index is 0.0729. The molecule has 0 saturated heterocycles. The quantitative estimate of drug-likeness (QED) is 0.603. The van der Waals surface area contributed by atoms with Crippen molar-refractivity contribution in [3.8, 4) is 22.6 Å². The van der Waals surface area contributed by atoms with E-state index in [9.17, 15) is 9.59 Å².